The number of rotatable bonds is 7. The molecular formula is C16H26N2O. The van der Waals surface area contributed by atoms with Crippen molar-refractivity contribution in [3.63, 3.8) is 0 Å². The van der Waals surface area contributed by atoms with Crippen molar-refractivity contribution in [2.24, 2.45) is 5.92 Å². The lowest BCUT2D eigenvalue weighted by Gasteiger charge is -2.19. The number of nitrogens with one attached hydrogen (secondary N) is 1. The van der Waals surface area contributed by atoms with E-state index in [1.165, 1.54) is 24.0 Å². The molecule has 1 saturated carbocycles. The van der Waals surface area contributed by atoms with Gasteiger partial charge in [-0.2, -0.15) is 0 Å². The molecule has 3 heteroatoms. The summed E-state index contributed by atoms with van der Waals surface area (Å²) in [6, 6.07) is 2.49. The van der Waals surface area contributed by atoms with Gasteiger partial charge in [0, 0.05) is 30.6 Å². The lowest BCUT2D eigenvalue weighted by atomic mass is 10.0. The molecule has 0 aliphatic heterocycles. The maximum absolute atomic E-state index is 5.65. The molecule has 106 valence electrons. The Hall–Kier alpha value is -0.930. The van der Waals surface area contributed by atoms with Crippen LogP contribution in [0.5, 0.6) is 0 Å². The van der Waals surface area contributed by atoms with E-state index in [4.69, 9.17) is 4.74 Å². The van der Waals surface area contributed by atoms with Gasteiger partial charge in [-0.3, -0.25) is 4.98 Å². The van der Waals surface area contributed by atoms with E-state index in [0.29, 0.717) is 6.04 Å². The second-order valence-electron chi connectivity index (χ2n) is 5.77. The molecule has 19 heavy (non-hydrogen) atoms. The number of pyridine rings is 1. The summed E-state index contributed by atoms with van der Waals surface area (Å²) in [4.78, 5) is 4.56. The molecule has 0 spiro atoms. The normalized spacial score (nSPS) is 16.6. The number of hydrogen-bond donors (Lipinski definition) is 1. The molecule has 0 saturated heterocycles. The minimum absolute atomic E-state index is 0.331. The van der Waals surface area contributed by atoms with Crippen molar-refractivity contribution in [1.29, 1.82) is 0 Å². The van der Waals surface area contributed by atoms with Crippen molar-refractivity contribution in [2.45, 2.75) is 46.6 Å². The van der Waals surface area contributed by atoms with Crippen molar-refractivity contribution in [3.05, 3.63) is 28.6 Å². The van der Waals surface area contributed by atoms with Gasteiger partial charge in [0.05, 0.1) is 6.61 Å². The first-order valence-corrected chi connectivity index (χ1v) is 7.33. The smallest absolute Gasteiger partial charge is 0.0591 e. The molecule has 1 N–H and O–H groups in total. The largest absolute Gasteiger partial charge is 0.380 e. The number of nitrogens with zero attached hydrogens (tertiary/aromatic N) is 1. The topological polar surface area (TPSA) is 34.1 Å². The Labute approximate surface area is 116 Å². The maximum Gasteiger partial charge on any atom is 0.0591 e. The number of aryl methyl sites for hydroxylation is 3. The predicted molar refractivity (Wildman–Crippen MR) is 78.4 cm³/mol. The van der Waals surface area contributed by atoms with Gasteiger partial charge in [0.15, 0.2) is 0 Å². The quantitative estimate of drug-likeness (QED) is 0.767. The Kier molecular flexibility index (Phi) is 4.94. The summed E-state index contributed by atoms with van der Waals surface area (Å²) < 4.78 is 5.65. The summed E-state index contributed by atoms with van der Waals surface area (Å²) in [6.07, 6.45) is 2.72. The first kappa shape index (κ1) is 14.5. The summed E-state index contributed by atoms with van der Waals surface area (Å²) in [6.45, 7) is 11.2. The average molecular weight is 262 g/mol. The molecule has 1 aliphatic carbocycles. The van der Waals surface area contributed by atoms with Gasteiger partial charge in [0.25, 0.3) is 0 Å². The Morgan fingerprint density at radius 2 is 2.11 bits per heavy atom. The van der Waals surface area contributed by atoms with Crippen molar-refractivity contribution in [2.75, 3.05) is 19.8 Å². The third kappa shape index (κ3) is 4.29. The van der Waals surface area contributed by atoms with Gasteiger partial charge < -0.3 is 10.1 Å². The fourth-order valence-corrected chi connectivity index (χ4v) is 2.67. The van der Waals surface area contributed by atoms with Crippen LogP contribution in [0.15, 0.2) is 6.07 Å². The van der Waals surface area contributed by atoms with E-state index >= 15 is 0 Å². The zero-order valence-electron chi connectivity index (χ0n) is 12.6. The second-order valence-corrected chi connectivity index (χ2v) is 5.77. The molecule has 2 rings (SSSR count). The molecular weight excluding hydrogens is 236 g/mol. The lowest BCUT2D eigenvalue weighted by Crippen LogP contribution is -2.25. The van der Waals surface area contributed by atoms with Crippen LogP contribution in [0.4, 0.5) is 0 Å². The molecule has 1 aromatic heterocycles. The van der Waals surface area contributed by atoms with Gasteiger partial charge in [-0.1, -0.05) is 0 Å². The van der Waals surface area contributed by atoms with Crippen LogP contribution in [0.25, 0.3) is 0 Å². The molecule has 0 bridgehead atoms. The molecule has 0 aromatic carbocycles. The molecule has 1 atom stereocenters. The summed E-state index contributed by atoms with van der Waals surface area (Å²) in [5.74, 6) is 0.850. The van der Waals surface area contributed by atoms with Gasteiger partial charge >= 0.3 is 0 Å². The van der Waals surface area contributed by atoms with Crippen molar-refractivity contribution >= 4 is 0 Å². The summed E-state index contributed by atoms with van der Waals surface area (Å²) in [5, 5.41) is 3.53. The number of aromatic nitrogens is 1. The minimum Gasteiger partial charge on any atom is -0.380 e. The highest BCUT2D eigenvalue weighted by atomic mass is 16.5. The van der Waals surface area contributed by atoms with E-state index in [1.54, 1.807) is 0 Å². The van der Waals surface area contributed by atoms with E-state index in [0.717, 1.165) is 37.1 Å². The SMILES string of the molecule is Cc1cc(C)c(C(C)NCCOCC2CC2)c(C)n1. The highest BCUT2D eigenvalue weighted by molar-refractivity contribution is 5.33. The molecule has 1 unspecified atom stereocenters. The summed E-state index contributed by atoms with van der Waals surface area (Å²) >= 11 is 0. The molecule has 3 nitrogen and oxygen atoms in total. The highest BCUT2D eigenvalue weighted by Gasteiger charge is 2.21. The van der Waals surface area contributed by atoms with E-state index in [2.05, 4.69) is 37.1 Å². The van der Waals surface area contributed by atoms with E-state index in [-0.39, 0.29) is 0 Å². The minimum atomic E-state index is 0.331. The standard InChI is InChI=1S/C16H26N2O/c1-11-9-12(2)18-14(4)16(11)13(3)17-7-8-19-10-15-5-6-15/h9,13,15,17H,5-8,10H2,1-4H3. The summed E-state index contributed by atoms with van der Waals surface area (Å²) in [5.41, 5.74) is 4.88. The van der Waals surface area contributed by atoms with Gasteiger partial charge in [0.2, 0.25) is 0 Å². The Bertz CT molecular complexity index is 404. The zero-order chi connectivity index (χ0) is 13.8. The predicted octanol–water partition coefficient (Wildman–Crippen LogP) is 3.08. The molecule has 1 heterocycles. The Balaban J connectivity index is 1.79. The third-order valence-corrected chi connectivity index (χ3v) is 3.76. The molecule has 1 aliphatic rings. The van der Waals surface area contributed by atoms with Crippen LogP contribution >= 0.6 is 0 Å². The summed E-state index contributed by atoms with van der Waals surface area (Å²) in [7, 11) is 0. The molecule has 1 aromatic rings. The number of ether oxygens (including phenoxy) is 1. The Morgan fingerprint density at radius 3 is 2.74 bits per heavy atom. The van der Waals surface area contributed by atoms with Crippen LogP contribution < -0.4 is 5.32 Å². The lowest BCUT2D eigenvalue weighted by molar-refractivity contribution is 0.124. The fourth-order valence-electron chi connectivity index (χ4n) is 2.67. The van der Waals surface area contributed by atoms with Crippen LogP contribution in [0.1, 0.15) is 48.3 Å². The maximum atomic E-state index is 5.65. The number of hydrogen-bond acceptors (Lipinski definition) is 3. The van der Waals surface area contributed by atoms with Gasteiger partial charge in [-0.15, -0.1) is 0 Å². The first-order chi connectivity index (χ1) is 9.08. The van der Waals surface area contributed by atoms with Gasteiger partial charge in [-0.25, -0.2) is 0 Å². The van der Waals surface area contributed by atoms with Gasteiger partial charge in [0.1, 0.15) is 0 Å². The third-order valence-electron chi connectivity index (χ3n) is 3.76. The fraction of sp³-hybridized carbons (Fsp3) is 0.688. The first-order valence-electron chi connectivity index (χ1n) is 7.33. The molecule has 0 radical (unpaired) electrons. The molecule has 0 amide bonds. The van der Waals surface area contributed by atoms with Gasteiger partial charge in [-0.05, 0) is 63.6 Å². The van der Waals surface area contributed by atoms with Crippen LogP contribution in [0, 0.1) is 26.7 Å². The van der Waals surface area contributed by atoms with Crippen molar-refractivity contribution in [3.8, 4) is 0 Å². The van der Waals surface area contributed by atoms with Crippen molar-refractivity contribution in [1.82, 2.24) is 10.3 Å². The van der Waals surface area contributed by atoms with Crippen molar-refractivity contribution < 1.29 is 4.74 Å². The van der Waals surface area contributed by atoms with E-state index < -0.39 is 0 Å². The second kappa shape index (κ2) is 6.49. The van der Waals surface area contributed by atoms with Crippen LogP contribution in [-0.4, -0.2) is 24.7 Å². The van der Waals surface area contributed by atoms with Crippen LogP contribution in [-0.2, 0) is 4.74 Å². The Morgan fingerprint density at radius 1 is 1.37 bits per heavy atom. The van der Waals surface area contributed by atoms with Crippen LogP contribution in [0.3, 0.4) is 0 Å². The van der Waals surface area contributed by atoms with E-state index in [1.807, 2.05) is 6.92 Å². The average Bonchev–Trinajstić information content (AvgIpc) is 3.11. The molecule has 1 fully saturated rings. The highest BCUT2D eigenvalue weighted by Crippen LogP contribution is 2.28. The van der Waals surface area contributed by atoms with E-state index in [9.17, 15) is 0 Å². The van der Waals surface area contributed by atoms with Crippen LogP contribution in [0.2, 0.25) is 0 Å². The zero-order valence-corrected chi connectivity index (χ0v) is 12.6. The monoisotopic (exact) mass is 262 g/mol.